The summed E-state index contributed by atoms with van der Waals surface area (Å²) in [5, 5.41) is 10.6. The number of thioether (sulfide) groups is 1. The zero-order valence-corrected chi connectivity index (χ0v) is 10.5. The lowest BCUT2D eigenvalue weighted by Crippen LogP contribution is -1.87. The molecule has 0 amide bonds. The molecule has 0 fully saturated rings. The molecule has 1 aromatic carbocycles. The summed E-state index contributed by atoms with van der Waals surface area (Å²) in [6, 6.07) is 5.21. The molecule has 0 saturated carbocycles. The van der Waals surface area contributed by atoms with Crippen LogP contribution in [0.5, 0.6) is 11.5 Å². The Balaban J connectivity index is 2.07. The predicted octanol–water partition coefficient (Wildman–Crippen LogP) is 2.72. The Labute approximate surface area is 104 Å². The minimum absolute atomic E-state index is 0.279. The van der Waals surface area contributed by atoms with Gasteiger partial charge >= 0.3 is 0 Å². The molecular formula is C12H14N2O2S. The van der Waals surface area contributed by atoms with Gasteiger partial charge in [0, 0.05) is 23.2 Å². The van der Waals surface area contributed by atoms with Crippen molar-refractivity contribution < 1.29 is 9.84 Å². The Morgan fingerprint density at radius 1 is 1.47 bits per heavy atom. The molecule has 4 nitrogen and oxygen atoms in total. The number of aryl methyl sites for hydroxylation is 1. The lowest BCUT2D eigenvalue weighted by Gasteiger charge is -2.06. The van der Waals surface area contributed by atoms with Crippen LogP contribution in [0.3, 0.4) is 0 Å². The molecule has 0 aliphatic carbocycles. The van der Waals surface area contributed by atoms with Gasteiger partial charge in [0.05, 0.1) is 7.11 Å². The van der Waals surface area contributed by atoms with Gasteiger partial charge in [0.15, 0.2) is 5.16 Å². The molecule has 0 unspecified atom stereocenters. The fourth-order valence-corrected chi connectivity index (χ4v) is 2.30. The Hall–Kier alpha value is -1.62. The predicted molar refractivity (Wildman–Crippen MR) is 67.5 cm³/mol. The van der Waals surface area contributed by atoms with Crippen LogP contribution in [0.15, 0.2) is 29.6 Å². The smallest absolute Gasteiger partial charge is 0.165 e. The van der Waals surface area contributed by atoms with E-state index in [0.717, 1.165) is 22.2 Å². The quantitative estimate of drug-likeness (QED) is 0.819. The van der Waals surface area contributed by atoms with E-state index in [4.69, 9.17) is 4.74 Å². The number of aromatic nitrogens is 2. The number of phenols is 1. The zero-order chi connectivity index (χ0) is 12.3. The molecular weight excluding hydrogens is 236 g/mol. The molecule has 0 saturated heterocycles. The highest BCUT2D eigenvalue weighted by molar-refractivity contribution is 7.98. The van der Waals surface area contributed by atoms with Crippen LogP contribution < -0.4 is 4.74 Å². The number of rotatable bonds is 4. The van der Waals surface area contributed by atoms with Crippen molar-refractivity contribution in [2.24, 2.45) is 0 Å². The monoisotopic (exact) mass is 250 g/mol. The van der Waals surface area contributed by atoms with Crippen LogP contribution >= 0.6 is 11.8 Å². The van der Waals surface area contributed by atoms with E-state index in [1.54, 1.807) is 37.2 Å². The topological polar surface area (TPSA) is 58.1 Å². The van der Waals surface area contributed by atoms with Crippen LogP contribution in [0.25, 0.3) is 0 Å². The van der Waals surface area contributed by atoms with Gasteiger partial charge in [-0.2, -0.15) is 0 Å². The van der Waals surface area contributed by atoms with Gasteiger partial charge in [-0.1, -0.05) is 11.8 Å². The van der Waals surface area contributed by atoms with Crippen LogP contribution in [0.4, 0.5) is 0 Å². The van der Waals surface area contributed by atoms with Gasteiger partial charge in [0.1, 0.15) is 11.5 Å². The van der Waals surface area contributed by atoms with Crippen molar-refractivity contribution in [1.29, 1.82) is 0 Å². The first-order chi connectivity index (χ1) is 8.19. The van der Waals surface area contributed by atoms with Gasteiger partial charge in [0.2, 0.25) is 0 Å². The van der Waals surface area contributed by atoms with Crippen LogP contribution in [-0.4, -0.2) is 22.2 Å². The van der Waals surface area contributed by atoms with Crippen LogP contribution in [0.2, 0.25) is 0 Å². The number of hydrogen-bond donors (Lipinski definition) is 2. The summed E-state index contributed by atoms with van der Waals surface area (Å²) in [5.74, 6) is 1.67. The Kier molecular flexibility index (Phi) is 3.58. The standard InChI is InChI=1S/C12H14N2O2S/c1-8-6-13-12(14-8)17-7-9-5-10(16-2)3-4-11(9)15/h3-6,15H,7H2,1-2H3,(H,13,14). The second-order valence-electron chi connectivity index (χ2n) is 3.65. The fraction of sp³-hybridized carbons (Fsp3) is 0.250. The van der Waals surface area contributed by atoms with Gasteiger partial charge in [-0.3, -0.25) is 0 Å². The number of aromatic amines is 1. The summed E-state index contributed by atoms with van der Waals surface area (Å²) in [6.45, 7) is 1.96. The van der Waals surface area contributed by atoms with E-state index in [2.05, 4.69) is 9.97 Å². The number of nitrogens with one attached hydrogen (secondary N) is 1. The highest BCUT2D eigenvalue weighted by atomic mass is 32.2. The van der Waals surface area contributed by atoms with E-state index in [-0.39, 0.29) is 5.75 Å². The van der Waals surface area contributed by atoms with Gasteiger partial charge in [-0.25, -0.2) is 4.98 Å². The third kappa shape index (κ3) is 2.94. The molecule has 2 N–H and O–H groups in total. The van der Waals surface area contributed by atoms with E-state index in [0.29, 0.717) is 5.75 Å². The molecule has 2 aromatic rings. The molecule has 90 valence electrons. The largest absolute Gasteiger partial charge is 0.508 e. The molecule has 0 bridgehead atoms. The average Bonchev–Trinajstić information content (AvgIpc) is 2.74. The summed E-state index contributed by atoms with van der Waals surface area (Å²) in [6.07, 6.45) is 1.79. The number of aromatic hydroxyl groups is 1. The van der Waals surface area contributed by atoms with Crippen molar-refractivity contribution in [1.82, 2.24) is 9.97 Å². The van der Waals surface area contributed by atoms with Crippen molar-refractivity contribution in [2.75, 3.05) is 7.11 Å². The van der Waals surface area contributed by atoms with Crippen LogP contribution in [0.1, 0.15) is 11.3 Å². The number of hydrogen-bond acceptors (Lipinski definition) is 4. The summed E-state index contributed by atoms with van der Waals surface area (Å²) < 4.78 is 5.12. The molecule has 0 atom stereocenters. The zero-order valence-electron chi connectivity index (χ0n) is 9.73. The van der Waals surface area contributed by atoms with Crippen LogP contribution in [-0.2, 0) is 5.75 Å². The van der Waals surface area contributed by atoms with E-state index in [9.17, 15) is 5.11 Å². The molecule has 1 heterocycles. The number of methoxy groups -OCH3 is 1. The van der Waals surface area contributed by atoms with Gasteiger partial charge in [0.25, 0.3) is 0 Å². The lowest BCUT2D eigenvalue weighted by atomic mass is 10.2. The molecule has 0 spiro atoms. The molecule has 0 aliphatic rings. The molecule has 0 radical (unpaired) electrons. The maximum atomic E-state index is 9.71. The highest BCUT2D eigenvalue weighted by Crippen LogP contribution is 2.28. The second-order valence-corrected chi connectivity index (χ2v) is 4.62. The SMILES string of the molecule is COc1ccc(O)c(CSc2ncc(C)[nH]2)c1. The number of nitrogens with zero attached hydrogens (tertiary/aromatic N) is 1. The molecule has 2 rings (SSSR count). The number of phenolic OH excluding ortho intramolecular Hbond substituents is 1. The lowest BCUT2D eigenvalue weighted by molar-refractivity contribution is 0.411. The molecule has 17 heavy (non-hydrogen) atoms. The van der Waals surface area contributed by atoms with E-state index < -0.39 is 0 Å². The number of ether oxygens (including phenoxy) is 1. The normalized spacial score (nSPS) is 10.5. The number of benzene rings is 1. The summed E-state index contributed by atoms with van der Waals surface area (Å²) in [7, 11) is 1.61. The van der Waals surface area contributed by atoms with Crippen molar-refractivity contribution in [3.05, 3.63) is 35.7 Å². The van der Waals surface area contributed by atoms with E-state index in [1.807, 2.05) is 13.0 Å². The molecule has 5 heteroatoms. The first-order valence-corrected chi connectivity index (χ1v) is 6.18. The third-order valence-corrected chi connectivity index (χ3v) is 3.27. The Morgan fingerprint density at radius 2 is 2.29 bits per heavy atom. The fourth-order valence-electron chi connectivity index (χ4n) is 1.41. The molecule has 0 aliphatic heterocycles. The minimum Gasteiger partial charge on any atom is -0.508 e. The first-order valence-electron chi connectivity index (χ1n) is 5.19. The number of imidazole rings is 1. The van der Waals surface area contributed by atoms with Gasteiger partial charge in [-0.15, -0.1) is 0 Å². The third-order valence-electron chi connectivity index (χ3n) is 2.33. The van der Waals surface area contributed by atoms with Crippen molar-refractivity contribution in [3.8, 4) is 11.5 Å². The average molecular weight is 250 g/mol. The summed E-state index contributed by atoms with van der Waals surface area (Å²) in [5.41, 5.74) is 1.87. The van der Waals surface area contributed by atoms with E-state index in [1.165, 1.54) is 0 Å². The maximum Gasteiger partial charge on any atom is 0.165 e. The van der Waals surface area contributed by atoms with Crippen molar-refractivity contribution in [3.63, 3.8) is 0 Å². The highest BCUT2D eigenvalue weighted by Gasteiger charge is 2.05. The van der Waals surface area contributed by atoms with E-state index >= 15 is 0 Å². The maximum absolute atomic E-state index is 9.71. The summed E-state index contributed by atoms with van der Waals surface area (Å²) in [4.78, 5) is 7.33. The second kappa shape index (κ2) is 5.14. The summed E-state index contributed by atoms with van der Waals surface area (Å²) >= 11 is 1.55. The Bertz CT molecular complexity index is 511. The van der Waals surface area contributed by atoms with Gasteiger partial charge < -0.3 is 14.8 Å². The minimum atomic E-state index is 0.279. The Morgan fingerprint density at radius 3 is 2.94 bits per heavy atom. The molecule has 1 aromatic heterocycles. The number of H-pyrrole nitrogens is 1. The van der Waals surface area contributed by atoms with Gasteiger partial charge in [-0.05, 0) is 25.1 Å². The van der Waals surface area contributed by atoms with Crippen LogP contribution in [0, 0.1) is 6.92 Å². The first kappa shape index (κ1) is 11.9. The van der Waals surface area contributed by atoms with Crippen molar-refractivity contribution >= 4 is 11.8 Å². The van der Waals surface area contributed by atoms with Crippen molar-refractivity contribution in [2.45, 2.75) is 17.8 Å².